The molecule has 0 spiro atoms. The van der Waals surface area contributed by atoms with E-state index in [-0.39, 0.29) is 54.0 Å². The third-order valence-electron chi connectivity index (χ3n) is 7.34. The van der Waals surface area contributed by atoms with Crippen LogP contribution in [0.2, 0.25) is 5.02 Å². The highest BCUT2D eigenvalue weighted by atomic mass is 35.5. The first-order valence-electron chi connectivity index (χ1n) is 13.2. The molecule has 0 amide bonds. The average molecular weight is 560 g/mol. The molecule has 2 N–H and O–H groups in total. The molecule has 1 saturated carbocycles. The first-order valence-corrected chi connectivity index (χ1v) is 13.6. The number of halogens is 2. The van der Waals surface area contributed by atoms with Gasteiger partial charge in [-0.25, -0.2) is 4.39 Å². The molecular formula is C28H31ClFN3O6. The molecule has 9 nitrogen and oxygen atoms in total. The number of carboxylic acids is 1. The number of carbonyl (C=O) groups excluding carboxylic acids is 1. The zero-order valence-electron chi connectivity index (χ0n) is 21.4. The number of hydroxylamine groups is 2. The Morgan fingerprint density at radius 3 is 2.72 bits per heavy atom. The van der Waals surface area contributed by atoms with E-state index >= 15 is 4.39 Å². The van der Waals surface area contributed by atoms with E-state index in [4.69, 9.17) is 30.7 Å². The van der Waals surface area contributed by atoms with Gasteiger partial charge in [-0.05, 0) is 62.3 Å². The summed E-state index contributed by atoms with van der Waals surface area (Å²) in [6.45, 7) is 0.984. The number of benzene rings is 2. The number of carbonyl (C=O) groups is 2. The molecule has 2 aliphatic rings. The van der Waals surface area contributed by atoms with Crippen molar-refractivity contribution in [2.45, 2.75) is 57.1 Å². The van der Waals surface area contributed by atoms with Gasteiger partial charge in [0.05, 0.1) is 35.4 Å². The van der Waals surface area contributed by atoms with Gasteiger partial charge in [-0.15, -0.1) is 0 Å². The molecular weight excluding hydrogens is 529 g/mol. The van der Waals surface area contributed by atoms with Crippen LogP contribution in [0.25, 0.3) is 11.1 Å². The molecule has 2 aromatic carbocycles. The van der Waals surface area contributed by atoms with Crippen molar-refractivity contribution in [2.24, 2.45) is 5.92 Å². The molecule has 5 rings (SSSR count). The van der Waals surface area contributed by atoms with Crippen LogP contribution in [0, 0.1) is 11.7 Å². The lowest BCUT2D eigenvalue weighted by molar-refractivity contribution is -0.186. The molecule has 1 saturated heterocycles. The molecule has 0 unspecified atom stereocenters. The van der Waals surface area contributed by atoms with Crippen LogP contribution >= 0.6 is 11.6 Å². The van der Waals surface area contributed by atoms with E-state index in [1.54, 1.807) is 35.4 Å². The van der Waals surface area contributed by atoms with Crippen molar-refractivity contribution in [1.29, 1.82) is 0 Å². The van der Waals surface area contributed by atoms with Crippen LogP contribution in [0.4, 0.5) is 16.1 Å². The summed E-state index contributed by atoms with van der Waals surface area (Å²) in [5.41, 5.74) is 1.07. The van der Waals surface area contributed by atoms with E-state index < -0.39 is 11.8 Å². The molecule has 1 aromatic heterocycles. The van der Waals surface area contributed by atoms with Gasteiger partial charge in [0.1, 0.15) is 12.1 Å². The molecule has 1 atom stereocenters. The topological polar surface area (TPSA) is 114 Å². The fourth-order valence-electron chi connectivity index (χ4n) is 5.16. The van der Waals surface area contributed by atoms with Gasteiger partial charge in [-0.1, -0.05) is 29.8 Å². The van der Waals surface area contributed by atoms with Crippen molar-refractivity contribution in [1.82, 2.24) is 10.0 Å². The number of Topliss-reactive ketones (excluding diaryl/α,β-unsaturated/α-hetero) is 1. The standard InChI is InChI=1S/C28H31ClFN3O6/c29-22-5-1-2-6-23(22)31-28-32-24-12-9-18(25(30)26(24)39-28)14-20(34)16-38-33-13-3-4-19(33)15-37-21-10-7-17(8-11-21)27(35)36/h1-2,5-6,9,12,17,19,21H,3-4,7-8,10-11,13-16H2,(H,31,32)(H,35,36)/t17?,19-,21?/m0/s1. The van der Waals surface area contributed by atoms with Crippen molar-refractivity contribution < 1.29 is 33.1 Å². The Morgan fingerprint density at radius 1 is 1.15 bits per heavy atom. The van der Waals surface area contributed by atoms with Crippen LogP contribution in [0.3, 0.4) is 0 Å². The third-order valence-corrected chi connectivity index (χ3v) is 7.67. The zero-order valence-corrected chi connectivity index (χ0v) is 22.2. The maximum atomic E-state index is 15.2. The molecule has 2 fully saturated rings. The van der Waals surface area contributed by atoms with Crippen LogP contribution in [-0.2, 0) is 25.6 Å². The molecule has 208 valence electrons. The number of ketones is 1. The summed E-state index contributed by atoms with van der Waals surface area (Å²) in [6.07, 6.45) is 4.47. The first kappa shape index (κ1) is 27.5. The molecule has 39 heavy (non-hydrogen) atoms. The third kappa shape index (κ3) is 6.75. The van der Waals surface area contributed by atoms with Crippen LogP contribution in [0.1, 0.15) is 44.1 Å². The van der Waals surface area contributed by atoms with E-state index in [1.807, 2.05) is 0 Å². The van der Waals surface area contributed by atoms with E-state index in [0.29, 0.717) is 42.2 Å². The minimum absolute atomic E-state index is 0.0290. The Morgan fingerprint density at radius 2 is 1.95 bits per heavy atom. The predicted molar refractivity (Wildman–Crippen MR) is 142 cm³/mol. The second-order valence-corrected chi connectivity index (χ2v) is 10.5. The fourth-order valence-corrected chi connectivity index (χ4v) is 5.34. The largest absolute Gasteiger partial charge is 0.481 e. The Bertz CT molecular complexity index is 1330. The Balaban J connectivity index is 1.12. The van der Waals surface area contributed by atoms with Gasteiger partial charge in [0, 0.05) is 13.0 Å². The number of ether oxygens (including phenoxy) is 1. The van der Waals surface area contributed by atoms with Crippen LogP contribution in [0.5, 0.6) is 0 Å². The first-order chi connectivity index (χ1) is 18.9. The second-order valence-electron chi connectivity index (χ2n) is 10.1. The summed E-state index contributed by atoms with van der Waals surface area (Å²) < 4.78 is 26.8. The molecule has 3 aromatic rings. The van der Waals surface area contributed by atoms with Gasteiger partial charge in [-0.2, -0.15) is 10.0 Å². The Kier molecular flexibility index (Phi) is 8.76. The molecule has 1 aliphatic carbocycles. The maximum Gasteiger partial charge on any atom is 0.306 e. The molecule has 0 radical (unpaired) electrons. The zero-order chi connectivity index (χ0) is 27.4. The fraction of sp³-hybridized carbons (Fsp3) is 0.464. The SMILES string of the molecule is O=C(CON1CCC[C@H]1COC1CCC(C(=O)O)CC1)Cc1ccc2nc(Nc3ccccc3Cl)oc2c1F. The van der Waals surface area contributed by atoms with E-state index in [1.165, 1.54) is 6.07 Å². The number of nitrogens with one attached hydrogen (secondary N) is 1. The van der Waals surface area contributed by atoms with Gasteiger partial charge in [0.15, 0.2) is 17.2 Å². The molecule has 0 bridgehead atoms. The Labute approximate surface area is 230 Å². The number of aromatic nitrogens is 1. The maximum absolute atomic E-state index is 15.2. The lowest BCUT2D eigenvalue weighted by Crippen LogP contribution is -2.37. The van der Waals surface area contributed by atoms with Crippen LogP contribution < -0.4 is 5.32 Å². The van der Waals surface area contributed by atoms with Crippen molar-refractivity contribution in [2.75, 3.05) is 25.1 Å². The van der Waals surface area contributed by atoms with Gasteiger partial charge >= 0.3 is 5.97 Å². The number of rotatable bonds is 11. The summed E-state index contributed by atoms with van der Waals surface area (Å²) in [5.74, 6) is -1.90. The summed E-state index contributed by atoms with van der Waals surface area (Å²) in [5, 5.41) is 14.3. The molecule has 2 heterocycles. The summed E-state index contributed by atoms with van der Waals surface area (Å²) in [4.78, 5) is 33.9. The van der Waals surface area contributed by atoms with E-state index in [2.05, 4.69) is 10.3 Å². The summed E-state index contributed by atoms with van der Waals surface area (Å²) in [6, 6.07) is 10.3. The second kappa shape index (κ2) is 12.4. The highest BCUT2D eigenvalue weighted by Crippen LogP contribution is 2.30. The van der Waals surface area contributed by atoms with Crippen molar-refractivity contribution in [3.8, 4) is 0 Å². The number of para-hydroxylation sites is 1. The lowest BCUT2D eigenvalue weighted by Gasteiger charge is -2.29. The van der Waals surface area contributed by atoms with Crippen molar-refractivity contribution in [3.63, 3.8) is 0 Å². The highest BCUT2D eigenvalue weighted by Gasteiger charge is 2.30. The number of fused-ring (bicyclic) bond motifs is 1. The summed E-state index contributed by atoms with van der Waals surface area (Å²) in [7, 11) is 0. The lowest BCUT2D eigenvalue weighted by atomic mass is 9.87. The average Bonchev–Trinajstić information content (AvgIpc) is 3.56. The number of hydrogen-bond donors (Lipinski definition) is 2. The smallest absolute Gasteiger partial charge is 0.306 e. The van der Waals surface area contributed by atoms with Gasteiger partial charge in [-0.3, -0.25) is 14.4 Å². The minimum atomic E-state index is -0.732. The normalized spacial score (nSPS) is 21.8. The quantitative estimate of drug-likeness (QED) is 0.313. The molecule has 11 heteroatoms. The number of carboxylic acid groups (broad SMARTS) is 1. The predicted octanol–water partition coefficient (Wildman–Crippen LogP) is 5.53. The minimum Gasteiger partial charge on any atom is -0.481 e. The molecule has 1 aliphatic heterocycles. The van der Waals surface area contributed by atoms with E-state index in [0.717, 1.165) is 25.7 Å². The number of aliphatic carboxylic acids is 1. The van der Waals surface area contributed by atoms with Crippen molar-refractivity contribution >= 4 is 46.2 Å². The summed E-state index contributed by atoms with van der Waals surface area (Å²) >= 11 is 6.16. The van der Waals surface area contributed by atoms with Crippen LogP contribution in [0.15, 0.2) is 40.8 Å². The highest BCUT2D eigenvalue weighted by molar-refractivity contribution is 6.33. The van der Waals surface area contributed by atoms with Crippen LogP contribution in [-0.4, -0.2) is 58.8 Å². The monoisotopic (exact) mass is 559 g/mol. The number of nitrogens with zero attached hydrogens (tertiary/aromatic N) is 2. The van der Waals surface area contributed by atoms with Gasteiger partial charge in [0.2, 0.25) is 0 Å². The number of oxazole rings is 1. The number of anilines is 2. The van der Waals surface area contributed by atoms with Gasteiger partial charge < -0.3 is 19.6 Å². The van der Waals surface area contributed by atoms with Gasteiger partial charge in [0.25, 0.3) is 6.01 Å². The van der Waals surface area contributed by atoms with E-state index in [9.17, 15) is 9.59 Å². The number of hydrogen-bond acceptors (Lipinski definition) is 8. The Hall–Kier alpha value is -3.05. The van der Waals surface area contributed by atoms with Crippen molar-refractivity contribution in [3.05, 3.63) is 52.8 Å².